The Balaban J connectivity index is 1.03. The first-order valence-electron chi connectivity index (χ1n) is 18.7. The van der Waals surface area contributed by atoms with Crippen LogP contribution in [0.3, 0.4) is 0 Å². The molecule has 0 spiro atoms. The SMILES string of the molecule is c1ccc(-c2ccc(-c3ccc(-c4ccc5sc6cccc(-c7nc(-c8ccccc8)nc(-c8cccc9oc%10ccccc%10c89)n7)c6c5c4)cc3)cc2)cc1. The maximum atomic E-state index is 6.27. The number of rotatable bonds is 6. The van der Waals surface area contributed by atoms with Gasteiger partial charge in [-0.15, -0.1) is 11.3 Å². The van der Waals surface area contributed by atoms with Gasteiger partial charge >= 0.3 is 0 Å². The van der Waals surface area contributed by atoms with Crippen molar-refractivity contribution < 1.29 is 4.42 Å². The summed E-state index contributed by atoms with van der Waals surface area (Å²) in [5.74, 6) is 1.87. The first kappa shape index (κ1) is 32.2. The van der Waals surface area contributed by atoms with Crippen LogP contribution in [-0.2, 0) is 0 Å². The van der Waals surface area contributed by atoms with Gasteiger partial charge in [0.25, 0.3) is 0 Å². The lowest BCUT2D eigenvalue weighted by atomic mass is 9.97. The molecule has 3 aromatic heterocycles. The van der Waals surface area contributed by atoms with Crippen LogP contribution >= 0.6 is 11.3 Å². The van der Waals surface area contributed by atoms with Crippen molar-refractivity contribution in [1.29, 1.82) is 0 Å². The van der Waals surface area contributed by atoms with Gasteiger partial charge < -0.3 is 4.42 Å². The van der Waals surface area contributed by atoms with Crippen LogP contribution in [0.5, 0.6) is 0 Å². The molecule has 0 radical (unpaired) electrons. The second kappa shape index (κ2) is 13.3. The Hall–Kier alpha value is -7.21. The molecule has 0 aliphatic heterocycles. The second-order valence-corrected chi connectivity index (χ2v) is 15.0. The Bertz CT molecular complexity index is 3220. The first-order valence-corrected chi connectivity index (χ1v) is 19.5. The van der Waals surface area contributed by atoms with Crippen LogP contribution in [0.25, 0.3) is 110 Å². The van der Waals surface area contributed by atoms with E-state index in [1.165, 1.54) is 42.6 Å². The number of thiophene rings is 1. The number of para-hydroxylation sites is 1. The molecule has 0 fully saturated rings. The van der Waals surface area contributed by atoms with E-state index in [0.717, 1.165) is 49.6 Å². The van der Waals surface area contributed by atoms with Crippen LogP contribution in [-0.4, -0.2) is 15.0 Å². The van der Waals surface area contributed by atoms with E-state index in [4.69, 9.17) is 19.4 Å². The maximum absolute atomic E-state index is 6.27. The molecule has 0 amide bonds. The summed E-state index contributed by atoms with van der Waals surface area (Å²) in [4.78, 5) is 15.5. The lowest BCUT2D eigenvalue weighted by Crippen LogP contribution is -2.00. The number of hydrogen-bond donors (Lipinski definition) is 0. The van der Waals surface area contributed by atoms with Gasteiger partial charge in [-0.2, -0.15) is 0 Å². The molecular formula is C51H31N3OS. The Morgan fingerprint density at radius 2 is 0.821 bits per heavy atom. The Labute approximate surface area is 327 Å². The molecule has 11 aromatic rings. The third-order valence-electron chi connectivity index (χ3n) is 10.6. The van der Waals surface area contributed by atoms with Crippen molar-refractivity contribution in [2.75, 3.05) is 0 Å². The predicted molar refractivity (Wildman–Crippen MR) is 233 cm³/mol. The summed E-state index contributed by atoms with van der Waals surface area (Å²) < 4.78 is 8.68. The van der Waals surface area contributed by atoms with Crippen molar-refractivity contribution in [3.8, 4) is 67.5 Å². The standard InChI is InChI=1S/C51H31N3OS/c1-3-11-32(12-4-1)33-21-23-34(24-22-33)35-25-27-36(28-26-35)38-29-30-45-42(31-38)48-41(17-10-20-46(48)56-45)51-53-49(37-13-5-2-6-14-37)52-50(54-51)40-16-9-19-44-47(40)39-15-7-8-18-43(39)55-44/h1-31H. The molecule has 0 atom stereocenters. The molecule has 5 heteroatoms. The fraction of sp³-hybridized carbons (Fsp3) is 0. The minimum atomic E-state index is 0.609. The number of nitrogens with zero attached hydrogens (tertiary/aromatic N) is 3. The maximum Gasteiger partial charge on any atom is 0.164 e. The van der Waals surface area contributed by atoms with Gasteiger partial charge in [0.05, 0.1) is 0 Å². The molecule has 0 saturated heterocycles. The van der Waals surface area contributed by atoms with E-state index in [2.05, 4.69) is 140 Å². The second-order valence-electron chi connectivity index (χ2n) is 14.0. The lowest BCUT2D eigenvalue weighted by molar-refractivity contribution is 0.669. The van der Waals surface area contributed by atoms with Crippen LogP contribution in [0.4, 0.5) is 0 Å². The van der Waals surface area contributed by atoms with Gasteiger partial charge in [0.1, 0.15) is 11.2 Å². The van der Waals surface area contributed by atoms with Gasteiger partial charge in [0, 0.05) is 47.6 Å². The highest BCUT2D eigenvalue weighted by atomic mass is 32.1. The zero-order valence-electron chi connectivity index (χ0n) is 30.1. The molecule has 0 aliphatic carbocycles. The topological polar surface area (TPSA) is 51.8 Å². The van der Waals surface area contributed by atoms with E-state index in [0.29, 0.717) is 17.5 Å². The molecule has 3 heterocycles. The summed E-state index contributed by atoms with van der Waals surface area (Å²) in [7, 11) is 0. The summed E-state index contributed by atoms with van der Waals surface area (Å²) in [6.07, 6.45) is 0. The van der Waals surface area contributed by atoms with E-state index in [1.807, 2.05) is 48.5 Å². The molecule has 262 valence electrons. The summed E-state index contributed by atoms with van der Waals surface area (Å²) in [6, 6.07) is 65.8. The highest BCUT2D eigenvalue weighted by Crippen LogP contribution is 2.42. The van der Waals surface area contributed by atoms with Crippen molar-refractivity contribution in [2.45, 2.75) is 0 Å². The van der Waals surface area contributed by atoms with Crippen molar-refractivity contribution in [3.63, 3.8) is 0 Å². The zero-order chi connectivity index (χ0) is 37.0. The molecule has 0 N–H and O–H groups in total. The monoisotopic (exact) mass is 733 g/mol. The number of fused-ring (bicyclic) bond motifs is 6. The van der Waals surface area contributed by atoms with E-state index < -0.39 is 0 Å². The lowest BCUT2D eigenvalue weighted by Gasteiger charge is -2.10. The molecule has 0 saturated carbocycles. The highest BCUT2D eigenvalue weighted by molar-refractivity contribution is 7.26. The number of benzene rings is 8. The smallest absolute Gasteiger partial charge is 0.164 e. The van der Waals surface area contributed by atoms with Crippen LogP contribution in [0.2, 0.25) is 0 Å². The van der Waals surface area contributed by atoms with Crippen molar-refractivity contribution in [2.24, 2.45) is 0 Å². The van der Waals surface area contributed by atoms with E-state index >= 15 is 0 Å². The quantitative estimate of drug-likeness (QED) is 0.171. The third kappa shape index (κ3) is 5.56. The Kier molecular flexibility index (Phi) is 7.64. The fourth-order valence-electron chi connectivity index (χ4n) is 7.83. The molecule has 4 nitrogen and oxygen atoms in total. The van der Waals surface area contributed by atoms with Gasteiger partial charge in [0.15, 0.2) is 17.5 Å². The minimum absolute atomic E-state index is 0.609. The van der Waals surface area contributed by atoms with Crippen molar-refractivity contribution >= 4 is 53.4 Å². The van der Waals surface area contributed by atoms with Gasteiger partial charge in [0.2, 0.25) is 0 Å². The predicted octanol–water partition coefficient (Wildman–Crippen LogP) is 14.1. The summed E-state index contributed by atoms with van der Waals surface area (Å²) in [5.41, 5.74) is 11.6. The highest BCUT2D eigenvalue weighted by Gasteiger charge is 2.20. The molecular weight excluding hydrogens is 703 g/mol. The van der Waals surface area contributed by atoms with E-state index in [1.54, 1.807) is 11.3 Å². The molecule has 11 rings (SSSR count). The van der Waals surface area contributed by atoms with Gasteiger partial charge in [-0.25, -0.2) is 15.0 Å². The van der Waals surface area contributed by atoms with Gasteiger partial charge in [-0.05, 0) is 63.7 Å². The number of furan rings is 1. The van der Waals surface area contributed by atoms with Crippen LogP contribution in [0.15, 0.2) is 192 Å². The van der Waals surface area contributed by atoms with Crippen LogP contribution in [0, 0.1) is 0 Å². The normalized spacial score (nSPS) is 11.6. The first-order chi connectivity index (χ1) is 27.7. The average molecular weight is 734 g/mol. The largest absolute Gasteiger partial charge is 0.456 e. The average Bonchev–Trinajstić information content (AvgIpc) is 3.85. The van der Waals surface area contributed by atoms with Crippen LogP contribution < -0.4 is 0 Å². The van der Waals surface area contributed by atoms with E-state index in [-0.39, 0.29) is 0 Å². The van der Waals surface area contributed by atoms with Gasteiger partial charge in [-0.3, -0.25) is 0 Å². The Morgan fingerprint density at radius 1 is 0.321 bits per heavy atom. The van der Waals surface area contributed by atoms with Gasteiger partial charge in [-0.1, -0.05) is 158 Å². The van der Waals surface area contributed by atoms with Crippen LogP contribution in [0.1, 0.15) is 0 Å². The molecule has 56 heavy (non-hydrogen) atoms. The fourth-order valence-corrected chi connectivity index (χ4v) is 8.94. The minimum Gasteiger partial charge on any atom is -0.456 e. The summed E-state index contributed by atoms with van der Waals surface area (Å²) in [6.45, 7) is 0. The number of hydrogen-bond acceptors (Lipinski definition) is 5. The van der Waals surface area contributed by atoms with Crippen molar-refractivity contribution in [3.05, 3.63) is 188 Å². The molecule has 0 aliphatic rings. The van der Waals surface area contributed by atoms with E-state index in [9.17, 15) is 0 Å². The third-order valence-corrected chi connectivity index (χ3v) is 11.7. The molecule has 0 bridgehead atoms. The van der Waals surface area contributed by atoms with Crippen molar-refractivity contribution in [1.82, 2.24) is 15.0 Å². The molecule has 8 aromatic carbocycles. The zero-order valence-corrected chi connectivity index (χ0v) is 30.9. The Morgan fingerprint density at radius 3 is 1.50 bits per heavy atom. The molecule has 0 unspecified atom stereocenters. The summed E-state index contributed by atoms with van der Waals surface area (Å²) in [5, 5.41) is 4.37. The summed E-state index contributed by atoms with van der Waals surface area (Å²) >= 11 is 1.80. The number of aromatic nitrogens is 3.